The number of methoxy groups -OCH3 is 1. The maximum Gasteiger partial charge on any atom is 0.314 e. The Morgan fingerprint density at radius 3 is 2.62 bits per heavy atom. The molecule has 0 aliphatic carbocycles. The number of cyclic esters (lactones) is 1. The number of furan rings is 1. The molecule has 70 valence electrons. The Balaban J connectivity index is 0.000000132. The molecule has 1 aliphatic heterocycles. The van der Waals surface area contributed by atoms with Crippen LogP contribution in [0.15, 0.2) is 35.2 Å². The fourth-order valence-corrected chi connectivity index (χ4v) is 0.696. The van der Waals surface area contributed by atoms with Crippen molar-refractivity contribution in [2.24, 2.45) is 0 Å². The second-order valence-electron chi connectivity index (χ2n) is 2.20. The molecule has 0 fully saturated rings. The van der Waals surface area contributed by atoms with Crippen LogP contribution in [0.2, 0.25) is 0 Å². The number of carbonyl (C=O) groups excluding carboxylic acids is 1. The summed E-state index contributed by atoms with van der Waals surface area (Å²) < 4.78 is 13.8. The molecule has 4 nitrogen and oxygen atoms in total. The zero-order valence-electron chi connectivity index (χ0n) is 7.23. The normalized spacial score (nSPS) is 13.2. The number of rotatable bonds is 1. The maximum atomic E-state index is 9.96. The fraction of sp³-hybridized carbons (Fsp3) is 0.222. The first kappa shape index (κ1) is 9.38. The van der Waals surface area contributed by atoms with Crippen LogP contribution in [0.4, 0.5) is 0 Å². The summed E-state index contributed by atoms with van der Waals surface area (Å²) in [7, 11) is 1.57. The first-order chi connectivity index (χ1) is 6.33. The van der Waals surface area contributed by atoms with Crippen molar-refractivity contribution in [2.75, 3.05) is 7.11 Å². The second kappa shape index (κ2) is 5.03. The van der Waals surface area contributed by atoms with Gasteiger partial charge in [-0.1, -0.05) is 0 Å². The molecule has 0 spiro atoms. The second-order valence-corrected chi connectivity index (χ2v) is 2.20. The van der Waals surface area contributed by atoms with Crippen molar-refractivity contribution in [3.8, 4) is 5.95 Å². The molecule has 1 aromatic rings. The minimum atomic E-state index is -0.157. The molecule has 1 aromatic heterocycles. The van der Waals surface area contributed by atoms with Crippen LogP contribution < -0.4 is 4.74 Å². The molecule has 2 heterocycles. The number of ether oxygens (including phenoxy) is 2. The van der Waals surface area contributed by atoms with Crippen LogP contribution in [-0.2, 0) is 9.53 Å². The predicted molar refractivity (Wildman–Crippen MR) is 45.1 cm³/mol. The van der Waals surface area contributed by atoms with E-state index in [4.69, 9.17) is 4.42 Å². The lowest BCUT2D eigenvalue weighted by atomic mass is 10.5. The number of carbonyl (C=O) groups is 1. The summed E-state index contributed by atoms with van der Waals surface area (Å²) in [4.78, 5) is 9.96. The van der Waals surface area contributed by atoms with E-state index >= 15 is 0 Å². The third-order valence-electron chi connectivity index (χ3n) is 1.28. The highest BCUT2D eigenvalue weighted by Gasteiger charge is 2.00. The summed E-state index contributed by atoms with van der Waals surface area (Å²) in [5.74, 6) is 0.398. The minimum Gasteiger partial charge on any atom is -0.468 e. The van der Waals surface area contributed by atoms with Crippen LogP contribution in [0.5, 0.6) is 5.95 Å². The van der Waals surface area contributed by atoms with Gasteiger partial charge in [0.2, 0.25) is 0 Å². The van der Waals surface area contributed by atoms with Gasteiger partial charge < -0.3 is 13.9 Å². The zero-order chi connectivity index (χ0) is 9.52. The molecule has 0 radical (unpaired) electrons. The van der Waals surface area contributed by atoms with Gasteiger partial charge in [-0.15, -0.1) is 0 Å². The Kier molecular flexibility index (Phi) is 3.63. The van der Waals surface area contributed by atoms with E-state index in [-0.39, 0.29) is 5.97 Å². The standard InChI is InChI=1S/C5H6O2.C4H4O2/c1-6-5-3-2-4-7-5;5-4-2-1-3-6-4/h2-4H,1H3;1,3H,2H2. The molecular formula is C9H10O4. The molecular weight excluding hydrogens is 172 g/mol. The molecule has 2 rings (SSSR count). The molecule has 0 atom stereocenters. The van der Waals surface area contributed by atoms with Gasteiger partial charge in [0.1, 0.15) is 0 Å². The first-order valence-electron chi connectivity index (χ1n) is 3.75. The third-order valence-corrected chi connectivity index (χ3v) is 1.28. The van der Waals surface area contributed by atoms with E-state index < -0.39 is 0 Å². The maximum absolute atomic E-state index is 9.96. The summed E-state index contributed by atoms with van der Waals surface area (Å²) in [6.45, 7) is 0. The largest absolute Gasteiger partial charge is 0.468 e. The van der Waals surface area contributed by atoms with Crippen molar-refractivity contribution in [1.29, 1.82) is 0 Å². The summed E-state index contributed by atoms with van der Waals surface area (Å²) in [5.41, 5.74) is 0. The monoisotopic (exact) mass is 182 g/mol. The van der Waals surface area contributed by atoms with Gasteiger partial charge in [0, 0.05) is 6.07 Å². The van der Waals surface area contributed by atoms with E-state index in [9.17, 15) is 4.79 Å². The Hall–Kier alpha value is -1.71. The van der Waals surface area contributed by atoms with Crippen LogP contribution in [0.1, 0.15) is 6.42 Å². The minimum absolute atomic E-state index is 0.157. The topological polar surface area (TPSA) is 48.7 Å². The van der Waals surface area contributed by atoms with Gasteiger partial charge in [-0.05, 0) is 12.1 Å². The molecule has 0 bridgehead atoms. The van der Waals surface area contributed by atoms with Gasteiger partial charge in [-0.3, -0.25) is 4.79 Å². The lowest BCUT2D eigenvalue weighted by Crippen LogP contribution is -1.87. The highest BCUT2D eigenvalue weighted by atomic mass is 16.6. The number of hydrogen-bond acceptors (Lipinski definition) is 4. The van der Waals surface area contributed by atoms with Gasteiger partial charge in [0.25, 0.3) is 5.95 Å². The van der Waals surface area contributed by atoms with Crippen molar-refractivity contribution in [3.05, 3.63) is 30.7 Å². The molecule has 4 heteroatoms. The van der Waals surface area contributed by atoms with Crippen LogP contribution in [-0.4, -0.2) is 13.1 Å². The van der Waals surface area contributed by atoms with Crippen molar-refractivity contribution in [1.82, 2.24) is 0 Å². The van der Waals surface area contributed by atoms with Gasteiger partial charge in [-0.25, -0.2) is 0 Å². The van der Waals surface area contributed by atoms with E-state index in [2.05, 4.69) is 9.47 Å². The zero-order valence-corrected chi connectivity index (χ0v) is 7.23. The van der Waals surface area contributed by atoms with E-state index in [0.717, 1.165) is 0 Å². The quantitative estimate of drug-likeness (QED) is 0.620. The SMILES string of the molecule is COc1ccco1.O=C1CC=CO1. The Bertz CT molecular complexity index is 264. The lowest BCUT2D eigenvalue weighted by Gasteiger charge is -1.85. The van der Waals surface area contributed by atoms with Crippen LogP contribution in [0.25, 0.3) is 0 Å². The van der Waals surface area contributed by atoms with Crippen LogP contribution in [0, 0.1) is 0 Å². The summed E-state index contributed by atoms with van der Waals surface area (Å²) in [6.07, 6.45) is 5.10. The Labute approximate surface area is 75.7 Å². The van der Waals surface area contributed by atoms with Gasteiger partial charge in [-0.2, -0.15) is 0 Å². The van der Waals surface area contributed by atoms with Crippen molar-refractivity contribution in [3.63, 3.8) is 0 Å². The van der Waals surface area contributed by atoms with Crippen molar-refractivity contribution in [2.45, 2.75) is 6.42 Å². The molecule has 0 saturated carbocycles. The first-order valence-corrected chi connectivity index (χ1v) is 3.75. The van der Waals surface area contributed by atoms with E-state index in [1.807, 2.05) is 0 Å². The average Bonchev–Trinajstić information content (AvgIpc) is 2.76. The Morgan fingerprint density at radius 2 is 2.38 bits per heavy atom. The smallest absolute Gasteiger partial charge is 0.314 e. The molecule has 1 aliphatic rings. The predicted octanol–water partition coefficient (Wildman–Crippen LogP) is 1.74. The van der Waals surface area contributed by atoms with Crippen LogP contribution in [0.3, 0.4) is 0 Å². The van der Waals surface area contributed by atoms with Crippen molar-refractivity contribution < 1.29 is 18.7 Å². The fourth-order valence-electron chi connectivity index (χ4n) is 0.696. The Morgan fingerprint density at radius 1 is 1.54 bits per heavy atom. The van der Waals surface area contributed by atoms with E-state index in [1.165, 1.54) is 6.26 Å². The van der Waals surface area contributed by atoms with E-state index in [1.54, 1.807) is 31.6 Å². The van der Waals surface area contributed by atoms with E-state index in [0.29, 0.717) is 12.4 Å². The lowest BCUT2D eigenvalue weighted by molar-refractivity contribution is -0.135. The molecule has 0 saturated heterocycles. The number of hydrogen-bond donors (Lipinski definition) is 0. The summed E-state index contributed by atoms with van der Waals surface area (Å²) in [5, 5.41) is 0. The van der Waals surface area contributed by atoms with Crippen LogP contribution >= 0.6 is 0 Å². The third kappa shape index (κ3) is 3.46. The van der Waals surface area contributed by atoms with Crippen molar-refractivity contribution >= 4 is 5.97 Å². The highest BCUT2D eigenvalue weighted by Crippen LogP contribution is 2.07. The highest BCUT2D eigenvalue weighted by molar-refractivity contribution is 5.73. The average molecular weight is 182 g/mol. The summed E-state index contributed by atoms with van der Waals surface area (Å²) in [6, 6.07) is 3.53. The molecule has 0 amide bonds. The van der Waals surface area contributed by atoms with Gasteiger partial charge in [0.05, 0.1) is 26.1 Å². The molecule has 0 aromatic carbocycles. The van der Waals surface area contributed by atoms with Gasteiger partial charge in [0.15, 0.2) is 0 Å². The molecule has 13 heavy (non-hydrogen) atoms. The summed E-state index contributed by atoms with van der Waals surface area (Å²) >= 11 is 0. The molecule has 0 unspecified atom stereocenters. The molecule has 0 N–H and O–H groups in total. The number of esters is 1. The van der Waals surface area contributed by atoms with Gasteiger partial charge >= 0.3 is 5.97 Å².